The van der Waals surface area contributed by atoms with Crippen molar-refractivity contribution in [1.82, 2.24) is 0 Å². The van der Waals surface area contributed by atoms with E-state index in [1.807, 2.05) is 0 Å². The van der Waals surface area contributed by atoms with Crippen molar-refractivity contribution in [1.29, 1.82) is 0 Å². The first-order valence-corrected chi connectivity index (χ1v) is 8.99. The normalized spacial score (nSPS) is 18.7. The highest BCUT2D eigenvalue weighted by Gasteiger charge is 2.36. The molecule has 6 nitrogen and oxygen atoms in total. The van der Waals surface area contributed by atoms with Crippen LogP contribution in [0.15, 0.2) is 42.5 Å². The predicted molar refractivity (Wildman–Crippen MR) is 98.0 cm³/mol. The Kier molecular flexibility index (Phi) is 4.81. The topological polar surface area (TPSA) is 67.9 Å². The van der Waals surface area contributed by atoms with Gasteiger partial charge in [-0.2, -0.15) is 13.2 Å². The lowest BCUT2D eigenvalue weighted by Crippen LogP contribution is -2.28. The van der Waals surface area contributed by atoms with Crippen LogP contribution in [0.1, 0.15) is 12.0 Å². The number of ether oxygens (including phenoxy) is 2. The molecule has 0 radical (unpaired) electrons. The van der Waals surface area contributed by atoms with Crippen LogP contribution in [0.4, 0.5) is 24.5 Å². The van der Waals surface area contributed by atoms with Gasteiger partial charge in [-0.1, -0.05) is 6.07 Å². The van der Waals surface area contributed by atoms with Gasteiger partial charge in [-0.15, -0.1) is 0 Å². The summed E-state index contributed by atoms with van der Waals surface area (Å²) in [5.41, 5.74) is -0.237. The van der Waals surface area contributed by atoms with Crippen molar-refractivity contribution < 1.29 is 32.2 Å². The molecule has 4 rings (SSSR count). The smallest absolute Gasteiger partial charge is 0.416 e. The molecular weight excluding hydrogens is 389 g/mol. The van der Waals surface area contributed by atoms with Gasteiger partial charge in [-0.05, 0) is 30.3 Å². The van der Waals surface area contributed by atoms with Gasteiger partial charge in [-0.25, -0.2) is 0 Å². The van der Waals surface area contributed by atoms with Crippen LogP contribution in [0.3, 0.4) is 0 Å². The van der Waals surface area contributed by atoms with Crippen molar-refractivity contribution in [3.8, 4) is 11.5 Å². The summed E-state index contributed by atoms with van der Waals surface area (Å²) < 4.78 is 49.5. The third kappa shape index (κ3) is 3.98. The minimum Gasteiger partial charge on any atom is -0.486 e. The van der Waals surface area contributed by atoms with Crippen molar-refractivity contribution in [2.24, 2.45) is 5.92 Å². The predicted octanol–water partition coefficient (Wildman–Crippen LogP) is 3.47. The molecule has 0 aliphatic carbocycles. The van der Waals surface area contributed by atoms with Gasteiger partial charge in [0.2, 0.25) is 11.8 Å². The van der Waals surface area contributed by atoms with Crippen molar-refractivity contribution in [2.45, 2.75) is 12.6 Å². The maximum absolute atomic E-state index is 12.8. The number of carbonyl (C=O) groups is 2. The van der Waals surface area contributed by atoms with Gasteiger partial charge in [0.1, 0.15) is 13.2 Å². The second kappa shape index (κ2) is 7.31. The molecule has 1 unspecified atom stereocenters. The molecule has 1 N–H and O–H groups in total. The molecule has 29 heavy (non-hydrogen) atoms. The third-order valence-corrected chi connectivity index (χ3v) is 4.79. The van der Waals surface area contributed by atoms with Crippen LogP contribution in [-0.4, -0.2) is 31.6 Å². The molecule has 1 saturated heterocycles. The monoisotopic (exact) mass is 406 g/mol. The number of fused-ring (bicyclic) bond motifs is 1. The standard InChI is InChI=1S/C20H17F3N2O4/c21-20(22,23)13-2-1-3-14(9-13)24-19(27)12-8-18(26)25(11-12)15-4-5-16-17(10-15)29-7-6-28-16/h1-5,9-10,12H,6-8,11H2,(H,24,27). The Morgan fingerprint density at radius 1 is 1.07 bits per heavy atom. The molecule has 2 aliphatic rings. The van der Waals surface area contributed by atoms with Crippen molar-refractivity contribution in [3.63, 3.8) is 0 Å². The molecule has 2 aromatic carbocycles. The van der Waals surface area contributed by atoms with E-state index in [0.717, 1.165) is 12.1 Å². The van der Waals surface area contributed by atoms with E-state index in [0.29, 0.717) is 30.4 Å². The van der Waals surface area contributed by atoms with Crippen molar-refractivity contribution >= 4 is 23.2 Å². The molecule has 2 aliphatic heterocycles. The van der Waals surface area contributed by atoms with Crippen LogP contribution in [0.5, 0.6) is 11.5 Å². The maximum atomic E-state index is 12.8. The summed E-state index contributed by atoms with van der Waals surface area (Å²) in [5, 5.41) is 2.48. The van der Waals surface area contributed by atoms with Crippen LogP contribution in [0.2, 0.25) is 0 Å². The van der Waals surface area contributed by atoms with E-state index >= 15 is 0 Å². The van der Waals surface area contributed by atoms with E-state index in [4.69, 9.17) is 9.47 Å². The number of benzene rings is 2. The first kappa shape index (κ1) is 19.1. The fourth-order valence-electron chi connectivity index (χ4n) is 3.35. The first-order valence-electron chi connectivity index (χ1n) is 8.99. The summed E-state index contributed by atoms with van der Waals surface area (Å²) in [6, 6.07) is 9.49. The van der Waals surface area contributed by atoms with Gasteiger partial charge in [0.25, 0.3) is 0 Å². The Balaban J connectivity index is 1.46. The van der Waals surface area contributed by atoms with Gasteiger partial charge in [-0.3, -0.25) is 9.59 Å². The number of alkyl halides is 3. The summed E-state index contributed by atoms with van der Waals surface area (Å²) >= 11 is 0. The van der Waals surface area contributed by atoms with Crippen molar-refractivity contribution in [3.05, 3.63) is 48.0 Å². The van der Waals surface area contributed by atoms with E-state index in [9.17, 15) is 22.8 Å². The number of carbonyl (C=O) groups excluding carboxylic acids is 2. The molecule has 1 atom stereocenters. The molecule has 1 fully saturated rings. The molecule has 2 aromatic rings. The summed E-state index contributed by atoms with van der Waals surface area (Å²) in [7, 11) is 0. The zero-order valence-corrected chi connectivity index (χ0v) is 15.2. The Morgan fingerprint density at radius 3 is 2.59 bits per heavy atom. The number of hydrogen-bond acceptors (Lipinski definition) is 4. The van der Waals surface area contributed by atoms with Crippen molar-refractivity contribution in [2.75, 3.05) is 30.0 Å². The number of nitrogens with one attached hydrogen (secondary N) is 1. The average molecular weight is 406 g/mol. The third-order valence-electron chi connectivity index (χ3n) is 4.79. The van der Waals surface area contributed by atoms with E-state index in [1.54, 1.807) is 18.2 Å². The molecule has 2 amide bonds. The summed E-state index contributed by atoms with van der Waals surface area (Å²) in [6.45, 7) is 0.989. The molecule has 0 aromatic heterocycles. The largest absolute Gasteiger partial charge is 0.486 e. The zero-order valence-electron chi connectivity index (χ0n) is 15.2. The quantitative estimate of drug-likeness (QED) is 0.848. The van der Waals surface area contributed by atoms with Gasteiger partial charge in [0, 0.05) is 30.4 Å². The number of nitrogens with zero attached hydrogens (tertiary/aromatic N) is 1. The molecule has 2 heterocycles. The number of anilines is 2. The van der Waals surface area contributed by atoms with Crippen LogP contribution >= 0.6 is 0 Å². The lowest BCUT2D eigenvalue weighted by Gasteiger charge is -2.22. The molecule has 0 saturated carbocycles. The number of amides is 2. The van der Waals surface area contributed by atoms with E-state index < -0.39 is 23.6 Å². The Morgan fingerprint density at radius 2 is 1.83 bits per heavy atom. The molecule has 152 valence electrons. The fraction of sp³-hybridized carbons (Fsp3) is 0.300. The Labute approximate surface area is 164 Å². The number of hydrogen-bond donors (Lipinski definition) is 1. The second-order valence-electron chi connectivity index (χ2n) is 6.80. The zero-order chi connectivity index (χ0) is 20.6. The number of halogens is 3. The molecule has 0 spiro atoms. The summed E-state index contributed by atoms with van der Waals surface area (Å²) in [4.78, 5) is 26.4. The number of rotatable bonds is 3. The van der Waals surface area contributed by atoms with Crippen LogP contribution in [0.25, 0.3) is 0 Å². The minimum absolute atomic E-state index is 0.0285. The molecule has 0 bridgehead atoms. The lowest BCUT2D eigenvalue weighted by atomic mass is 10.1. The SMILES string of the molecule is O=C(Nc1cccc(C(F)(F)F)c1)C1CC(=O)N(c2ccc3c(c2)OCCO3)C1. The van der Waals surface area contributed by atoms with Crippen LogP contribution in [-0.2, 0) is 15.8 Å². The minimum atomic E-state index is -4.50. The van der Waals surface area contributed by atoms with Crippen LogP contribution in [0, 0.1) is 5.92 Å². The van der Waals surface area contributed by atoms with E-state index in [-0.39, 0.29) is 24.6 Å². The van der Waals surface area contributed by atoms with Gasteiger partial charge in [0.05, 0.1) is 11.5 Å². The summed E-state index contributed by atoms with van der Waals surface area (Å²) in [6.07, 6.45) is -4.53. The maximum Gasteiger partial charge on any atom is 0.416 e. The van der Waals surface area contributed by atoms with Gasteiger partial charge >= 0.3 is 6.18 Å². The van der Waals surface area contributed by atoms with Gasteiger partial charge in [0.15, 0.2) is 11.5 Å². The lowest BCUT2D eigenvalue weighted by molar-refractivity contribution is -0.137. The Hall–Kier alpha value is -3.23. The highest BCUT2D eigenvalue weighted by atomic mass is 19.4. The Bertz CT molecular complexity index is 961. The van der Waals surface area contributed by atoms with Gasteiger partial charge < -0.3 is 19.7 Å². The fourth-order valence-corrected chi connectivity index (χ4v) is 3.35. The summed E-state index contributed by atoms with van der Waals surface area (Å²) in [5.74, 6) is -0.308. The van der Waals surface area contributed by atoms with E-state index in [1.165, 1.54) is 17.0 Å². The highest BCUT2D eigenvalue weighted by molar-refractivity contribution is 6.03. The molecule has 9 heteroatoms. The van der Waals surface area contributed by atoms with Crippen LogP contribution < -0.4 is 19.7 Å². The first-order chi connectivity index (χ1) is 13.8. The molecular formula is C20H17F3N2O4. The second-order valence-corrected chi connectivity index (χ2v) is 6.80. The average Bonchev–Trinajstić information content (AvgIpc) is 3.09. The van der Waals surface area contributed by atoms with E-state index in [2.05, 4.69) is 5.32 Å². The highest BCUT2D eigenvalue weighted by Crippen LogP contribution is 2.36.